The van der Waals surface area contributed by atoms with E-state index in [-0.39, 0.29) is 17.3 Å². The average molecular weight is 537 g/mol. The normalized spacial score (nSPS) is 20.5. The van der Waals surface area contributed by atoms with Crippen LogP contribution in [0.25, 0.3) is 0 Å². The van der Waals surface area contributed by atoms with Crippen LogP contribution in [0, 0.1) is 12.7 Å². The molecular formula is C31H35F3N4O. The summed E-state index contributed by atoms with van der Waals surface area (Å²) in [6.45, 7) is 6.61. The number of alkyl halides is 2. The molecule has 2 aromatic carbocycles. The second kappa shape index (κ2) is 10.9. The number of ether oxygens (including phenoxy) is 1. The molecule has 3 aromatic rings. The molecule has 0 saturated carbocycles. The Labute approximate surface area is 228 Å². The van der Waals surface area contributed by atoms with Gasteiger partial charge in [-0.2, -0.15) is 8.78 Å². The second-order valence-corrected chi connectivity index (χ2v) is 10.7. The van der Waals surface area contributed by atoms with E-state index >= 15 is 0 Å². The van der Waals surface area contributed by atoms with Gasteiger partial charge >= 0.3 is 6.55 Å². The number of anilines is 3. The lowest BCUT2D eigenvalue weighted by Crippen LogP contribution is -2.53. The molecule has 2 unspecified atom stereocenters. The van der Waals surface area contributed by atoms with E-state index in [1.54, 1.807) is 30.5 Å². The van der Waals surface area contributed by atoms with E-state index in [0.717, 1.165) is 24.0 Å². The van der Waals surface area contributed by atoms with Crippen molar-refractivity contribution in [3.05, 3.63) is 89.4 Å². The fourth-order valence-electron chi connectivity index (χ4n) is 5.45. The number of nitrogens with zero attached hydrogens (tertiary/aromatic N) is 3. The number of benzene rings is 2. The number of hydrogen-bond acceptors (Lipinski definition) is 5. The highest BCUT2D eigenvalue weighted by Crippen LogP contribution is 2.49. The Morgan fingerprint density at radius 3 is 2.44 bits per heavy atom. The van der Waals surface area contributed by atoms with Crippen LogP contribution in [0.3, 0.4) is 0 Å². The SMILES string of the molecule is CC1=CC1(C)c1cc(OC2CCN(C(C)N(c3ccccc3C)C(F)F)CC2)cnc1Nc1cccc(F)c1. The molecule has 2 aliphatic rings. The molecule has 0 spiro atoms. The molecule has 39 heavy (non-hydrogen) atoms. The van der Waals surface area contributed by atoms with Gasteiger partial charge in [0.2, 0.25) is 0 Å². The third-order valence-corrected chi connectivity index (χ3v) is 8.06. The first-order valence-corrected chi connectivity index (χ1v) is 13.4. The lowest BCUT2D eigenvalue weighted by molar-refractivity contribution is 0.0495. The van der Waals surface area contributed by atoms with Gasteiger partial charge < -0.3 is 15.0 Å². The molecule has 1 aliphatic heterocycles. The third kappa shape index (κ3) is 5.76. The number of aryl methyl sites for hydroxylation is 1. The zero-order valence-corrected chi connectivity index (χ0v) is 22.8. The number of rotatable bonds is 9. The maximum atomic E-state index is 14.1. The Bertz CT molecular complexity index is 1360. The Morgan fingerprint density at radius 2 is 1.79 bits per heavy atom. The van der Waals surface area contributed by atoms with E-state index < -0.39 is 12.7 Å². The van der Waals surface area contributed by atoms with Crippen LogP contribution < -0.4 is 15.0 Å². The summed E-state index contributed by atoms with van der Waals surface area (Å²) in [7, 11) is 0. The molecule has 0 radical (unpaired) electrons. The van der Waals surface area contributed by atoms with Crippen molar-refractivity contribution < 1.29 is 17.9 Å². The molecule has 0 amide bonds. The molecule has 1 N–H and O–H groups in total. The first-order valence-electron chi connectivity index (χ1n) is 13.4. The van der Waals surface area contributed by atoms with Crippen molar-refractivity contribution in [3.63, 3.8) is 0 Å². The number of hydrogen-bond donors (Lipinski definition) is 1. The van der Waals surface area contributed by atoms with Gasteiger partial charge in [0.25, 0.3) is 0 Å². The van der Waals surface area contributed by atoms with Gasteiger partial charge in [0.15, 0.2) is 0 Å². The van der Waals surface area contributed by atoms with Crippen LogP contribution in [0.2, 0.25) is 0 Å². The van der Waals surface area contributed by atoms with Gasteiger partial charge in [-0.1, -0.05) is 35.9 Å². The van der Waals surface area contributed by atoms with E-state index in [9.17, 15) is 13.2 Å². The minimum absolute atomic E-state index is 0.0374. The molecule has 1 saturated heterocycles. The Morgan fingerprint density at radius 1 is 1.08 bits per heavy atom. The standard InChI is InChI=1S/C31H35F3N4O/c1-20-8-5-6-11-28(20)38(30(33)34)22(3)37-14-12-25(13-15-37)39-26-17-27(31(4)18-21(31)2)29(35-19-26)36-24-10-7-9-23(32)16-24/h5-11,16-19,22,25,30H,12-15H2,1-4H3,(H,35,36). The molecule has 2 heterocycles. The van der Waals surface area contributed by atoms with Crippen LogP contribution in [0.5, 0.6) is 5.75 Å². The van der Waals surface area contributed by atoms with Gasteiger partial charge in [0.1, 0.15) is 23.5 Å². The van der Waals surface area contributed by atoms with Crippen LogP contribution >= 0.6 is 0 Å². The van der Waals surface area contributed by atoms with Crippen LogP contribution in [0.1, 0.15) is 44.7 Å². The number of allylic oxidation sites excluding steroid dienone is 2. The monoisotopic (exact) mass is 536 g/mol. The van der Waals surface area contributed by atoms with Gasteiger partial charge in [0, 0.05) is 35.4 Å². The number of para-hydroxylation sites is 1. The molecule has 5 rings (SSSR count). The molecule has 206 valence electrons. The second-order valence-electron chi connectivity index (χ2n) is 10.7. The van der Waals surface area contributed by atoms with Gasteiger partial charge in [-0.3, -0.25) is 4.90 Å². The van der Waals surface area contributed by atoms with Crippen LogP contribution in [-0.2, 0) is 5.41 Å². The van der Waals surface area contributed by atoms with Crippen molar-refractivity contribution in [2.24, 2.45) is 0 Å². The van der Waals surface area contributed by atoms with Crippen molar-refractivity contribution in [2.45, 2.75) is 64.8 Å². The maximum Gasteiger partial charge on any atom is 0.316 e. The largest absolute Gasteiger partial charge is 0.489 e. The highest BCUT2D eigenvalue weighted by Gasteiger charge is 2.40. The van der Waals surface area contributed by atoms with Crippen molar-refractivity contribution in [1.82, 2.24) is 9.88 Å². The first-order chi connectivity index (χ1) is 18.7. The van der Waals surface area contributed by atoms with E-state index in [1.807, 2.05) is 32.0 Å². The lowest BCUT2D eigenvalue weighted by Gasteiger charge is -2.42. The summed E-state index contributed by atoms with van der Waals surface area (Å²) in [5, 5.41) is 3.25. The molecule has 8 heteroatoms. The molecule has 1 fully saturated rings. The zero-order valence-electron chi connectivity index (χ0n) is 22.8. The van der Waals surface area contributed by atoms with Crippen LogP contribution in [0.4, 0.5) is 30.4 Å². The number of piperidine rings is 1. The number of nitrogens with one attached hydrogen (secondary N) is 1. The van der Waals surface area contributed by atoms with E-state index in [2.05, 4.69) is 35.1 Å². The molecule has 1 aromatic heterocycles. The summed E-state index contributed by atoms with van der Waals surface area (Å²) in [6.07, 6.45) is 4.83. The molecule has 5 nitrogen and oxygen atoms in total. The zero-order chi connectivity index (χ0) is 27.7. The van der Waals surface area contributed by atoms with Crippen molar-refractivity contribution in [2.75, 3.05) is 23.3 Å². The van der Waals surface area contributed by atoms with Crippen molar-refractivity contribution >= 4 is 17.2 Å². The Balaban J connectivity index is 1.26. The summed E-state index contributed by atoms with van der Waals surface area (Å²) in [5.41, 5.74) is 4.00. The highest BCUT2D eigenvalue weighted by molar-refractivity contribution is 5.68. The predicted octanol–water partition coefficient (Wildman–Crippen LogP) is 7.41. The average Bonchev–Trinajstić information content (AvgIpc) is 3.53. The third-order valence-electron chi connectivity index (χ3n) is 8.06. The Kier molecular flexibility index (Phi) is 7.58. The number of pyridine rings is 1. The fourth-order valence-corrected chi connectivity index (χ4v) is 5.45. The maximum absolute atomic E-state index is 14.1. The summed E-state index contributed by atoms with van der Waals surface area (Å²) >= 11 is 0. The molecular weight excluding hydrogens is 501 g/mol. The number of aromatic nitrogens is 1. The van der Waals surface area contributed by atoms with E-state index in [0.29, 0.717) is 36.0 Å². The number of likely N-dealkylation sites (tertiary alicyclic amines) is 1. The van der Waals surface area contributed by atoms with Gasteiger partial charge in [0.05, 0.1) is 12.4 Å². The van der Waals surface area contributed by atoms with Gasteiger partial charge in [-0.05, 0) is 76.4 Å². The first kappa shape index (κ1) is 27.1. The van der Waals surface area contributed by atoms with Gasteiger partial charge in [-0.15, -0.1) is 0 Å². The highest BCUT2D eigenvalue weighted by atomic mass is 19.3. The molecule has 0 bridgehead atoms. The molecule has 2 atom stereocenters. The molecule has 1 aliphatic carbocycles. The van der Waals surface area contributed by atoms with Gasteiger partial charge in [-0.25, -0.2) is 9.37 Å². The summed E-state index contributed by atoms with van der Waals surface area (Å²) in [5.74, 6) is 1.02. The smallest absolute Gasteiger partial charge is 0.316 e. The minimum atomic E-state index is -2.60. The van der Waals surface area contributed by atoms with Crippen molar-refractivity contribution in [1.29, 1.82) is 0 Å². The lowest BCUT2D eigenvalue weighted by atomic mass is 9.93. The minimum Gasteiger partial charge on any atom is -0.489 e. The Hall–Kier alpha value is -3.52. The van der Waals surface area contributed by atoms with Crippen LogP contribution in [0.15, 0.2) is 72.4 Å². The quantitative estimate of drug-likeness (QED) is 0.228. The summed E-state index contributed by atoms with van der Waals surface area (Å²) in [6, 6.07) is 15.6. The van der Waals surface area contributed by atoms with E-state index in [4.69, 9.17) is 4.74 Å². The van der Waals surface area contributed by atoms with Crippen LogP contribution in [-0.4, -0.2) is 41.8 Å². The fraction of sp³-hybridized carbons (Fsp3) is 0.387. The van der Waals surface area contributed by atoms with Crippen molar-refractivity contribution in [3.8, 4) is 5.75 Å². The predicted molar refractivity (Wildman–Crippen MR) is 149 cm³/mol. The van der Waals surface area contributed by atoms with E-state index in [1.165, 1.54) is 22.6 Å². The number of halogens is 3. The summed E-state index contributed by atoms with van der Waals surface area (Å²) in [4.78, 5) is 7.93. The topological polar surface area (TPSA) is 40.6 Å². The summed E-state index contributed by atoms with van der Waals surface area (Å²) < 4.78 is 48.4.